The Morgan fingerprint density at radius 3 is 2.29 bits per heavy atom. The van der Waals surface area contributed by atoms with Gasteiger partial charge >= 0.3 is 0 Å². The first-order chi connectivity index (χ1) is 14.9. The van der Waals surface area contributed by atoms with Gasteiger partial charge in [0.25, 0.3) is 5.91 Å². The lowest BCUT2D eigenvalue weighted by Gasteiger charge is -2.16. The molecule has 4 rings (SSSR count). The molecule has 5 heteroatoms. The Bertz CT molecular complexity index is 1160. The summed E-state index contributed by atoms with van der Waals surface area (Å²) in [6.45, 7) is 2.39. The van der Waals surface area contributed by atoms with Gasteiger partial charge in [-0.3, -0.25) is 9.59 Å². The Kier molecular flexibility index (Phi) is 5.69. The number of benzene rings is 3. The predicted molar refractivity (Wildman–Crippen MR) is 126 cm³/mol. The summed E-state index contributed by atoms with van der Waals surface area (Å²) in [7, 11) is 4.07. The van der Waals surface area contributed by atoms with Crippen LogP contribution in [0, 0.1) is 0 Å². The fourth-order valence-electron chi connectivity index (χ4n) is 3.72. The molecule has 0 bridgehead atoms. The van der Waals surface area contributed by atoms with Crippen LogP contribution in [0.3, 0.4) is 0 Å². The fourth-order valence-corrected chi connectivity index (χ4v) is 3.72. The molecule has 1 heterocycles. The van der Waals surface area contributed by atoms with Crippen LogP contribution in [0.1, 0.15) is 34.0 Å². The van der Waals surface area contributed by atoms with E-state index in [0.717, 1.165) is 23.4 Å². The molecule has 0 fully saturated rings. The van der Waals surface area contributed by atoms with Crippen molar-refractivity contribution in [2.24, 2.45) is 0 Å². The first-order valence-corrected chi connectivity index (χ1v) is 10.2. The molecule has 3 aromatic carbocycles. The lowest BCUT2D eigenvalue weighted by Crippen LogP contribution is -2.11. The zero-order chi connectivity index (χ0) is 22.0. The number of nitrogens with zero attached hydrogens (tertiary/aromatic N) is 1. The quantitative estimate of drug-likeness (QED) is 0.448. The largest absolute Gasteiger partial charge is 0.354 e. The second-order valence-corrected chi connectivity index (χ2v) is 7.95. The van der Waals surface area contributed by atoms with Crippen LogP contribution in [-0.4, -0.2) is 30.7 Å². The molecule has 0 aliphatic carbocycles. The summed E-state index contributed by atoms with van der Waals surface area (Å²) in [6.07, 6.45) is 0. The number of Topliss-reactive ketones (excluding diaryl/α,β-unsaturated/α-hetero) is 1. The number of carbonyl (C=O) groups excluding carboxylic acids is 2. The number of amides is 1. The van der Waals surface area contributed by atoms with E-state index in [-0.39, 0.29) is 11.7 Å². The van der Waals surface area contributed by atoms with Crippen LogP contribution in [0.2, 0.25) is 0 Å². The van der Waals surface area contributed by atoms with E-state index < -0.39 is 0 Å². The summed E-state index contributed by atoms with van der Waals surface area (Å²) in [6, 6.07) is 23.3. The monoisotopic (exact) mass is 411 g/mol. The van der Waals surface area contributed by atoms with E-state index in [1.54, 1.807) is 18.2 Å². The zero-order valence-corrected chi connectivity index (χ0v) is 17.9. The molecule has 1 aliphatic heterocycles. The van der Waals surface area contributed by atoms with Crippen LogP contribution >= 0.6 is 0 Å². The van der Waals surface area contributed by atoms with Gasteiger partial charge in [-0.15, -0.1) is 0 Å². The molecule has 5 nitrogen and oxygen atoms in total. The van der Waals surface area contributed by atoms with Gasteiger partial charge in [-0.05, 0) is 62.5 Å². The number of rotatable bonds is 6. The molecule has 0 saturated carbocycles. The van der Waals surface area contributed by atoms with E-state index >= 15 is 0 Å². The first kappa shape index (κ1) is 20.6. The third-order valence-corrected chi connectivity index (χ3v) is 5.21. The van der Waals surface area contributed by atoms with Gasteiger partial charge in [0.1, 0.15) is 0 Å². The zero-order valence-electron chi connectivity index (χ0n) is 17.9. The van der Waals surface area contributed by atoms with Crippen LogP contribution < -0.4 is 10.6 Å². The van der Waals surface area contributed by atoms with Crippen LogP contribution in [0.15, 0.2) is 72.8 Å². The maximum atomic E-state index is 13.0. The van der Waals surface area contributed by atoms with E-state index in [4.69, 9.17) is 0 Å². The standard InChI is InChI=1S/C26H25N3O2/c1-17(30)20-11-14-23-22(15-20)24(26(31)28-23)25(19-7-5-4-6-8-19)27-21-12-9-18(10-13-21)16-29(2)3/h4-15,27H,16H2,1-3H3,(H,28,31). The van der Waals surface area contributed by atoms with Crippen LogP contribution in [0.25, 0.3) is 11.3 Å². The van der Waals surface area contributed by atoms with Gasteiger partial charge in [0.05, 0.1) is 11.3 Å². The third-order valence-electron chi connectivity index (χ3n) is 5.21. The van der Waals surface area contributed by atoms with Gasteiger partial charge in [-0.1, -0.05) is 42.5 Å². The molecule has 0 atom stereocenters. The highest BCUT2D eigenvalue weighted by molar-refractivity contribution is 6.37. The Morgan fingerprint density at radius 1 is 0.935 bits per heavy atom. The van der Waals surface area contributed by atoms with Gasteiger partial charge in [-0.2, -0.15) is 0 Å². The number of anilines is 2. The summed E-state index contributed by atoms with van der Waals surface area (Å²) in [5.74, 6) is -0.224. The molecule has 0 radical (unpaired) electrons. The molecule has 0 saturated heterocycles. The van der Waals surface area contributed by atoms with Crippen molar-refractivity contribution in [1.82, 2.24) is 4.90 Å². The highest BCUT2D eigenvalue weighted by atomic mass is 16.2. The average molecular weight is 412 g/mol. The van der Waals surface area contributed by atoms with E-state index in [0.29, 0.717) is 22.5 Å². The predicted octanol–water partition coefficient (Wildman–Crippen LogP) is 4.88. The van der Waals surface area contributed by atoms with Gasteiger partial charge < -0.3 is 15.5 Å². The topological polar surface area (TPSA) is 61.4 Å². The number of ketones is 1. The Hall–Kier alpha value is -3.70. The summed E-state index contributed by atoms with van der Waals surface area (Å²) >= 11 is 0. The minimum absolute atomic E-state index is 0.0350. The molecule has 31 heavy (non-hydrogen) atoms. The van der Waals surface area contributed by atoms with E-state index in [1.807, 2.05) is 56.6 Å². The SMILES string of the molecule is CC(=O)c1ccc2c(c1)C(=C(Nc1ccc(CN(C)C)cc1)c1ccccc1)C(=O)N2. The minimum atomic E-state index is -0.189. The summed E-state index contributed by atoms with van der Waals surface area (Å²) in [5, 5.41) is 6.38. The van der Waals surface area contributed by atoms with Crippen molar-refractivity contribution >= 4 is 34.3 Å². The Labute approximate surface area is 182 Å². The normalized spacial score (nSPS) is 14.3. The summed E-state index contributed by atoms with van der Waals surface area (Å²) in [4.78, 5) is 27.0. The molecule has 0 spiro atoms. The number of nitrogens with one attached hydrogen (secondary N) is 2. The van der Waals surface area contributed by atoms with Gasteiger partial charge in [0.2, 0.25) is 0 Å². The van der Waals surface area contributed by atoms with Gasteiger partial charge in [0.15, 0.2) is 5.78 Å². The smallest absolute Gasteiger partial charge is 0.258 e. The molecule has 1 aliphatic rings. The van der Waals surface area contributed by atoms with Crippen LogP contribution in [0.4, 0.5) is 11.4 Å². The molecule has 156 valence electrons. The van der Waals surface area contributed by atoms with Crippen molar-refractivity contribution in [3.8, 4) is 0 Å². The number of hydrogen-bond acceptors (Lipinski definition) is 4. The minimum Gasteiger partial charge on any atom is -0.354 e. The molecule has 3 aromatic rings. The third kappa shape index (κ3) is 4.42. The lowest BCUT2D eigenvalue weighted by molar-refractivity contribution is -0.110. The maximum Gasteiger partial charge on any atom is 0.258 e. The van der Waals surface area contributed by atoms with Crippen LogP contribution in [0.5, 0.6) is 0 Å². The average Bonchev–Trinajstić information content (AvgIpc) is 3.08. The first-order valence-electron chi connectivity index (χ1n) is 10.2. The molecular weight excluding hydrogens is 386 g/mol. The highest BCUT2D eigenvalue weighted by Gasteiger charge is 2.29. The number of hydrogen-bond donors (Lipinski definition) is 2. The van der Waals surface area contributed by atoms with Crippen molar-refractivity contribution in [3.63, 3.8) is 0 Å². The van der Waals surface area contributed by atoms with Crippen molar-refractivity contribution < 1.29 is 9.59 Å². The van der Waals surface area contributed by atoms with E-state index in [1.165, 1.54) is 12.5 Å². The second-order valence-electron chi connectivity index (χ2n) is 7.95. The second kappa shape index (κ2) is 8.58. The van der Waals surface area contributed by atoms with Crippen molar-refractivity contribution in [2.45, 2.75) is 13.5 Å². The Morgan fingerprint density at radius 2 is 1.65 bits per heavy atom. The molecule has 1 amide bonds. The van der Waals surface area contributed by atoms with Gasteiger partial charge in [-0.25, -0.2) is 0 Å². The molecular formula is C26H25N3O2. The highest BCUT2D eigenvalue weighted by Crippen LogP contribution is 2.38. The molecule has 2 N–H and O–H groups in total. The lowest BCUT2D eigenvalue weighted by atomic mass is 9.97. The van der Waals surface area contributed by atoms with Gasteiger partial charge in [0, 0.05) is 29.0 Å². The van der Waals surface area contributed by atoms with E-state index in [9.17, 15) is 9.59 Å². The van der Waals surface area contributed by atoms with Crippen molar-refractivity contribution in [1.29, 1.82) is 0 Å². The van der Waals surface area contributed by atoms with Crippen LogP contribution in [-0.2, 0) is 11.3 Å². The maximum absolute atomic E-state index is 13.0. The Balaban J connectivity index is 1.82. The number of carbonyl (C=O) groups is 2. The summed E-state index contributed by atoms with van der Waals surface area (Å²) < 4.78 is 0. The van der Waals surface area contributed by atoms with Crippen molar-refractivity contribution in [2.75, 3.05) is 24.7 Å². The molecule has 0 aromatic heterocycles. The molecule has 0 unspecified atom stereocenters. The fraction of sp³-hybridized carbons (Fsp3) is 0.154. The summed E-state index contributed by atoms with van der Waals surface area (Å²) in [5.41, 5.74) is 6.24. The van der Waals surface area contributed by atoms with E-state index in [2.05, 4.69) is 27.7 Å². The van der Waals surface area contributed by atoms with Crippen molar-refractivity contribution in [3.05, 3.63) is 95.1 Å². The number of fused-ring (bicyclic) bond motifs is 1.